The van der Waals surface area contributed by atoms with Crippen molar-refractivity contribution in [2.45, 2.75) is 51.3 Å². The highest BCUT2D eigenvalue weighted by Crippen LogP contribution is 2.09. The lowest BCUT2D eigenvalue weighted by molar-refractivity contribution is 0.112. The first-order valence-electron chi connectivity index (χ1n) is 6.67. The highest BCUT2D eigenvalue weighted by atomic mass is 28.3. The van der Waals surface area contributed by atoms with E-state index in [9.17, 15) is 0 Å². The maximum atomic E-state index is 5.87. The summed E-state index contributed by atoms with van der Waals surface area (Å²) in [5.41, 5.74) is 0. The summed E-state index contributed by atoms with van der Waals surface area (Å²) in [6, 6.07) is 2.53. The molecule has 96 valence electrons. The Kier molecular flexibility index (Phi) is 8.11. The number of ether oxygens (including phenoxy) is 2. The van der Waals surface area contributed by atoms with Crippen LogP contribution in [0.4, 0.5) is 0 Å². The minimum absolute atomic E-state index is 0.407. The van der Waals surface area contributed by atoms with Crippen molar-refractivity contribution in [2.24, 2.45) is 0 Å². The molecule has 1 atom stereocenters. The third-order valence-corrected chi connectivity index (χ3v) is 5.43. The third kappa shape index (κ3) is 7.38. The van der Waals surface area contributed by atoms with E-state index in [0.717, 1.165) is 32.8 Å². The molecule has 3 nitrogen and oxygen atoms in total. The molecule has 1 rings (SSSR count). The molecule has 0 aromatic rings. The molecule has 0 aromatic heterocycles. The first kappa shape index (κ1) is 14.2. The molecule has 4 heteroatoms. The van der Waals surface area contributed by atoms with Crippen LogP contribution in [0.3, 0.4) is 0 Å². The van der Waals surface area contributed by atoms with Crippen molar-refractivity contribution in [3.63, 3.8) is 0 Å². The van der Waals surface area contributed by atoms with Gasteiger partial charge in [-0.1, -0.05) is 13.8 Å². The molecule has 1 aliphatic rings. The maximum absolute atomic E-state index is 5.87. The van der Waals surface area contributed by atoms with Crippen LogP contribution in [-0.2, 0) is 13.9 Å². The quantitative estimate of drug-likeness (QED) is 0.318. The second kappa shape index (κ2) is 9.16. The molecule has 1 heterocycles. The molecule has 0 aromatic carbocycles. The van der Waals surface area contributed by atoms with Gasteiger partial charge >= 0.3 is 0 Å². The Labute approximate surface area is 101 Å². The molecule has 0 bridgehead atoms. The Morgan fingerprint density at radius 1 is 1.12 bits per heavy atom. The smallest absolute Gasteiger partial charge is 0.176 e. The van der Waals surface area contributed by atoms with Crippen LogP contribution >= 0.6 is 0 Å². The summed E-state index contributed by atoms with van der Waals surface area (Å²) in [6.45, 7) is 8.01. The number of unbranched alkanes of at least 4 members (excludes halogenated alkanes) is 2. The molecule has 0 radical (unpaired) electrons. The molecule has 1 saturated heterocycles. The molecule has 16 heavy (non-hydrogen) atoms. The van der Waals surface area contributed by atoms with E-state index >= 15 is 0 Å². The van der Waals surface area contributed by atoms with Gasteiger partial charge in [-0.25, -0.2) is 0 Å². The summed E-state index contributed by atoms with van der Waals surface area (Å²) < 4.78 is 16.4. The monoisotopic (exact) mass is 246 g/mol. The molecule has 0 N–H and O–H groups in total. The first-order valence-corrected chi connectivity index (χ1v) is 8.78. The van der Waals surface area contributed by atoms with Crippen LogP contribution in [0.5, 0.6) is 0 Å². The van der Waals surface area contributed by atoms with Crippen molar-refractivity contribution in [1.29, 1.82) is 0 Å². The average molecular weight is 246 g/mol. The fraction of sp³-hybridized carbons (Fsp3) is 1.00. The first-order chi connectivity index (χ1) is 7.86. The predicted octanol–water partition coefficient (Wildman–Crippen LogP) is 2.35. The van der Waals surface area contributed by atoms with Crippen LogP contribution < -0.4 is 0 Å². The number of hydrogen-bond acceptors (Lipinski definition) is 3. The summed E-state index contributed by atoms with van der Waals surface area (Å²) in [4.78, 5) is 0. The van der Waals surface area contributed by atoms with Crippen molar-refractivity contribution in [3.05, 3.63) is 0 Å². The van der Waals surface area contributed by atoms with Gasteiger partial charge in [0, 0.05) is 13.2 Å². The third-order valence-electron chi connectivity index (χ3n) is 2.90. The van der Waals surface area contributed by atoms with Crippen molar-refractivity contribution in [2.75, 3.05) is 26.4 Å². The molecule has 1 aliphatic heterocycles. The minimum Gasteiger partial charge on any atom is -0.420 e. The van der Waals surface area contributed by atoms with E-state index in [1.54, 1.807) is 0 Å². The number of hydrogen-bond donors (Lipinski definition) is 0. The summed E-state index contributed by atoms with van der Waals surface area (Å²) in [5, 5.41) is 0. The lowest BCUT2D eigenvalue weighted by Gasteiger charge is -2.11. The van der Waals surface area contributed by atoms with Gasteiger partial charge < -0.3 is 13.9 Å². The molecule has 0 aliphatic carbocycles. The lowest BCUT2D eigenvalue weighted by atomic mass is 10.2. The molecule has 0 saturated carbocycles. The normalized spacial score (nSPS) is 19.3. The second-order valence-corrected chi connectivity index (χ2v) is 7.61. The summed E-state index contributed by atoms with van der Waals surface area (Å²) in [6.07, 6.45) is 3.97. The van der Waals surface area contributed by atoms with Gasteiger partial charge in [-0.05, 0) is 31.4 Å². The zero-order chi connectivity index (χ0) is 11.6. The van der Waals surface area contributed by atoms with Gasteiger partial charge in [-0.2, -0.15) is 0 Å². The van der Waals surface area contributed by atoms with E-state index in [2.05, 4.69) is 13.8 Å². The van der Waals surface area contributed by atoms with Crippen LogP contribution in [0.15, 0.2) is 0 Å². The number of rotatable bonds is 11. The largest absolute Gasteiger partial charge is 0.420 e. The van der Waals surface area contributed by atoms with E-state index in [-0.39, 0.29) is 0 Å². The van der Waals surface area contributed by atoms with Gasteiger partial charge in [-0.15, -0.1) is 0 Å². The Balaban J connectivity index is 1.73. The fourth-order valence-electron chi connectivity index (χ4n) is 1.64. The topological polar surface area (TPSA) is 31.0 Å². The Bertz CT molecular complexity index is 158. The number of epoxide rings is 1. The highest BCUT2D eigenvalue weighted by Gasteiger charge is 2.21. The van der Waals surface area contributed by atoms with Crippen LogP contribution in [0, 0.1) is 0 Å². The Morgan fingerprint density at radius 3 is 2.44 bits per heavy atom. The lowest BCUT2D eigenvalue weighted by Crippen LogP contribution is -2.15. The van der Waals surface area contributed by atoms with Crippen molar-refractivity contribution >= 4 is 9.04 Å². The summed E-state index contributed by atoms with van der Waals surface area (Å²) in [7, 11) is -0.810. The van der Waals surface area contributed by atoms with Crippen molar-refractivity contribution in [1.82, 2.24) is 0 Å². The molecule has 0 spiro atoms. The molecular formula is C12H26O3Si. The highest BCUT2D eigenvalue weighted by molar-refractivity contribution is 6.51. The Morgan fingerprint density at radius 2 is 1.81 bits per heavy atom. The van der Waals surface area contributed by atoms with E-state index in [4.69, 9.17) is 13.9 Å². The average Bonchev–Trinajstić information content (AvgIpc) is 3.11. The van der Waals surface area contributed by atoms with E-state index in [0.29, 0.717) is 6.10 Å². The van der Waals surface area contributed by atoms with Crippen LogP contribution in [0.2, 0.25) is 12.1 Å². The summed E-state index contributed by atoms with van der Waals surface area (Å²) >= 11 is 0. The molecular weight excluding hydrogens is 220 g/mol. The van der Waals surface area contributed by atoms with Gasteiger partial charge in [0.25, 0.3) is 0 Å². The van der Waals surface area contributed by atoms with E-state index in [1.165, 1.54) is 24.9 Å². The van der Waals surface area contributed by atoms with Crippen molar-refractivity contribution < 1.29 is 13.9 Å². The van der Waals surface area contributed by atoms with Gasteiger partial charge in [-0.3, -0.25) is 0 Å². The van der Waals surface area contributed by atoms with E-state index < -0.39 is 9.04 Å². The van der Waals surface area contributed by atoms with Gasteiger partial charge in [0.1, 0.15) is 6.10 Å². The fourth-order valence-corrected chi connectivity index (χ4v) is 3.19. The predicted molar refractivity (Wildman–Crippen MR) is 68.5 cm³/mol. The minimum atomic E-state index is -0.810. The standard InChI is InChI=1S/C12H26O3Si/c1-3-16(4-2)15-9-7-5-6-8-13-10-12-11-14-12/h12,16H,3-11H2,1-2H3. The van der Waals surface area contributed by atoms with Crippen LogP contribution in [-0.4, -0.2) is 41.6 Å². The van der Waals surface area contributed by atoms with Crippen LogP contribution in [0.25, 0.3) is 0 Å². The van der Waals surface area contributed by atoms with E-state index in [1.807, 2.05) is 0 Å². The van der Waals surface area contributed by atoms with Crippen molar-refractivity contribution in [3.8, 4) is 0 Å². The zero-order valence-corrected chi connectivity index (χ0v) is 11.9. The summed E-state index contributed by atoms with van der Waals surface area (Å²) in [5.74, 6) is 0. The SMILES string of the molecule is CC[SiH](CC)OCCCCCOCC1CO1. The van der Waals surface area contributed by atoms with Crippen LogP contribution in [0.1, 0.15) is 33.1 Å². The molecule has 0 amide bonds. The van der Waals surface area contributed by atoms with Gasteiger partial charge in [0.2, 0.25) is 0 Å². The Hall–Kier alpha value is 0.0969. The van der Waals surface area contributed by atoms with Gasteiger partial charge in [0.05, 0.1) is 13.2 Å². The second-order valence-electron chi connectivity index (χ2n) is 4.40. The molecule has 1 fully saturated rings. The molecule has 1 unspecified atom stereocenters. The zero-order valence-electron chi connectivity index (χ0n) is 10.7. The maximum Gasteiger partial charge on any atom is 0.176 e. The van der Waals surface area contributed by atoms with Gasteiger partial charge in [0.15, 0.2) is 9.04 Å².